The molecule has 1 N–H and O–H groups in total. The summed E-state index contributed by atoms with van der Waals surface area (Å²) in [5.74, 6) is 0.823. The molecule has 0 fully saturated rings. The fourth-order valence-electron chi connectivity index (χ4n) is 2.17. The van der Waals surface area contributed by atoms with Crippen molar-refractivity contribution < 1.29 is 13.2 Å². The summed E-state index contributed by atoms with van der Waals surface area (Å²) < 4.78 is 31.6. The summed E-state index contributed by atoms with van der Waals surface area (Å²) >= 11 is 0. The van der Waals surface area contributed by atoms with Crippen molar-refractivity contribution in [3.05, 3.63) is 24.3 Å². The van der Waals surface area contributed by atoms with E-state index in [9.17, 15) is 8.42 Å². The van der Waals surface area contributed by atoms with Crippen molar-refractivity contribution in [2.75, 3.05) is 17.6 Å². The van der Waals surface area contributed by atoms with Crippen LogP contribution in [0.25, 0.3) is 0 Å². The highest BCUT2D eigenvalue weighted by Gasteiger charge is 2.10. The molecule has 5 heteroatoms. The Morgan fingerprint density at radius 2 is 1.71 bits per heavy atom. The second-order valence-corrected chi connectivity index (χ2v) is 7.12. The van der Waals surface area contributed by atoms with Crippen LogP contribution in [0.3, 0.4) is 0 Å². The van der Waals surface area contributed by atoms with Crippen LogP contribution in [0, 0.1) is 0 Å². The molecule has 1 aromatic carbocycles. The van der Waals surface area contributed by atoms with Crippen LogP contribution in [0.2, 0.25) is 0 Å². The summed E-state index contributed by atoms with van der Waals surface area (Å²) in [7, 11) is -1.70. The minimum Gasteiger partial charge on any atom is -0.497 e. The van der Waals surface area contributed by atoms with Gasteiger partial charge in [-0.1, -0.05) is 51.5 Å². The van der Waals surface area contributed by atoms with E-state index < -0.39 is 10.0 Å². The average molecular weight is 313 g/mol. The molecule has 0 aliphatic rings. The summed E-state index contributed by atoms with van der Waals surface area (Å²) in [4.78, 5) is 0. The number of anilines is 1. The van der Waals surface area contributed by atoms with Gasteiger partial charge < -0.3 is 4.74 Å². The third kappa shape index (κ3) is 7.95. The normalized spacial score (nSPS) is 11.3. The monoisotopic (exact) mass is 313 g/mol. The number of ether oxygens (including phenoxy) is 1. The average Bonchev–Trinajstić information content (AvgIpc) is 2.46. The molecule has 0 saturated heterocycles. The second kappa shape index (κ2) is 9.66. The zero-order valence-corrected chi connectivity index (χ0v) is 13.9. The highest BCUT2D eigenvalue weighted by Crippen LogP contribution is 2.18. The van der Waals surface area contributed by atoms with E-state index in [4.69, 9.17) is 4.74 Å². The Morgan fingerprint density at radius 3 is 2.38 bits per heavy atom. The van der Waals surface area contributed by atoms with Crippen molar-refractivity contribution in [3.8, 4) is 5.75 Å². The van der Waals surface area contributed by atoms with Crippen molar-refractivity contribution in [3.63, 3.8) is 0 Å². The van der Waals surface area contributed by atoms with E-state index in [1.807, 2.05) is 0 Å². The fourth-order valence-corrected chi connectivity index (χ4v) is 3.34. The number of nitrogens with one attached hydrogen (secondary N) is 1. The maximum absolute atomic E-state index is 12.0. The molecule has 4 nitrogen and oxygen atoms in total. The maximum Gasteiger partial charge on any atom is 0.232 e. The topological polar surface area (TPSA) is 55.4 Å². The fraction of sp³-hybridized carbons (Fsp3) is 0.625. The smallest absolute Gasteiger partial charge is 0.232 e. The second-order valence-electron chi connectivity index (χ2n) is 5.27. The number of unbranched alkanes of at least 4 members (excludes halogenated alkanes) is 6. The maximum atomic E-state index is 12.0. The lowest BCUT2D eigenvalue weighted by atomic mass is 10.1. The molecule has 0 atom stereocenters. The van der Waals surface area contributed by atoms with Gasteiger partial charge in [0, 0.05) is 6.07 Å². The largest absolute Gasteiger partial charge is 0.497 e. The predicted molar refractivity (Wildman–Crippen MR) is 88.4 cm³/mol. The standard InChI is InChI=1S/C16H27NO3S/c1-3-4-5-6-7-8-9-13-21(18,19)17-15-11-10-12-16(14-15)20-2/h10-12,14,17H,3-9,13H2,1-2H3. The Labute approximate surface area is 129 Å². The van der Waals surface area contributed by atoms with Crippen LogP contribution in [0.4, 0.5) is 5.69 Å². The van der Waals surface area contributed by atoms with Crippen LogP contribution in [-0.4, -0.2) is 21.3 Å². The van der Waals surface area contributed by atoms with Gasteiger partial charge in [-0.3, -0.25) is 4.72 Å². The molecular weight excluding hydrogens is 286 g/mol. The molecule has 0 aliphatic heterocycles. The number of methoxy groups -OCH3 is 1. The summed E-state index contributed by atoms with van der Waals surface area (Å²) in [6.45, 7) is 2.19. The molecule has 1 rings (SSSR count). The molecule has 21 heavy (non-hydrogen) atoms. The molecule has 0 unspecified atom stereocenters. The van der Waals surface area contributed by atoms with Gasteiger partial charge in [-0.2, -0.15) is 0 Å². The van der Waals surface area contributed by atoms with E-state index in [2.05, 4.69) is 11.6 Å². The van der Waals surface area contributed by atoms with E-state index >= 15 is 0 Å². The van der Waals surface area contributed by atoms with Gasteiger partial charge in [0.1, 0.15) is 5.75 Å². The third-order valence-corrected chi connectivity index (χ3v) is 4.73. The zero-order valence-electron chi connectivity index (χ0n) is 13.1. The number of sulfonamides is 1. The summed E-state index contributed by atoms with van der Waals surface area (Å²) in [6, 6.07) is 6.96. The Balaban J connectivity index is 2.30. The molecule has 0 aliphatic carbocycles. The van der Waals surface area contributed by atoms with Gasteiger partial charge in [-0.25, -0.2) is 8.42 Å². The van der Waals surface area contributed by atoms with Crippen molar-refractivity contribution in [1.29, 1.82) is 0 Å². The summed E-state index contributed by atoms with van der Waals surface area (Å²) in [6.07, 6.45) is 7.78. The van der Waals surface area contributed by atoms with Crippen LogP contribution >= 0.6 is 0 Å². The van der Waals surface area contributed by atoms with E-state index in [0.717, 1.165) is 12.8 Å². The highest BCUT2D eigenvalue weighted by molar-refractivity contribution is 7.92. The van der Waals surface area contributed by atoms with Crippen molar-refractivity contribution in [2.45, 2.75) is 51.9 Å². The lowest BCUT2D eigenvalue weighted by Crippen LogP contribution is -2.16. The molecular formula is C16H27NO3S. The molecule has 1 aromatic rings. The first-order valence-corrected chi connectivity index (χ1v) is 9.37. The van der Waals surface area contributed by atoms with E-state index in [1.165, 1.54) is 25.7 Å². The minimum atomic E-state index is -3.26. The molecule has 0 aromatic heterocycles. The highest BCUT2D eigenvalue weighted by atomic mass is 32.2. The minimum absolute atomic E-state index is 0.179. The molecule has 0 radical (unpaired) electrons. The molecule has 0 bridgehead atoms. The molecule has 0 saturated carbocycles. The number of rotatable bonds is 11. The molecule has 0 heterocycles. The Morgan fingerprint density at radius 1 is 1.05 bits per heavy atom. The van der Waals surface area contributed by atoms with Gasteiger partial charge in [0.25, 0.3) is 0 Å². The lowest BCUT2D eigenvalue weighted by molar-refractivity contribution is 0.415. The zero-order chi connectivity index (χ0) is 15.6. The quantitative estimate of drug-likeness (QED) is 0.623. The Hall–Kier alpha value is -1.23. The van der Waals surface area contributed by atoms with Gasteiger partial charge in [-0.05, 0) is 18.6 Å². The van der Waals surface area contributed by atoms with Gasteiger partial charge in [0.05, 0.1) is 18.6 Å². The SMILES string of the molecule is CCCCCCCCCS(=O)(=O)Nc1cccc(OC)c1. The van der Waals surface area contributed by atoms with Crippen LogP contribution in [-0.2, 0) is 10.0 Å². The Bertz CT molecular complexity index is 500. The van der Waals surface area contributed by atoms with Crippen LogP contribution in [0.5, 0.6) is 5.75 Å². The van der Waals surface area contributed by atoms with E-state index in [0.29, 0.717) is 17.9 Å². The van der Waals surface area contributed by atoms with Crippen molar-refractivity contribution >= 4 is 15.7 Å². The van der Waals surface area contributed by atoms with E-state index in [1.54, 1.807) is 31.4 Å². The van der Waals surface area contributed by atoms with Crippen molar-refractivity contribution in [2.24, 2.45) is 0 Å². The lowest BCUT2D eigenvalue weighted by Gasteiger charge is -2.09. The number of hydrogen-bond donors (Lipinski definition) is 1. The van der Waals surface area contributed by atoms with Gasteiger partial charge in [0.15, 0.2) is 0 Å². The predicted octanol–water partition coefficient (Wildman–Crippen LogP) is 4.19. The molecule has 0 spiro atoms. The van der Waals surface area contributed by atoms with Crippen LogP contribution in [0.15, 0.2) is 24.3 Å². The summed E-state index contributed by atoms with van der Waals surface area (Å²) in [5, 5.41) is 0. The first kappa shape index (κ1) is 17.8. The van der Waals surface area contributed by atoms with Crippen LogP contribution < -0.4 is 9.46 Å². The number of hydrogen-bond acceptors (Lipinski definition) is 3. The summed E-state index contributed by atoms with van der Waals surface area (Å²) in [5.41, 5.74) is 0.553. The van der Waals surface area contributed by atoms with Crippen LogP contribution in [0.1, 0.15) is 51.9 Å². The molecule has 0 amide bonds. The first-order chi connectivity index (χ1) is 10.1. The van der Waals surface area contributed by atoms with Gasteiger partial charge in [-0.15, -0.1) is 0 Å². The van der Waals surface area contributed by atoms with Gasteiger partial charge in [0.2, 0.25) is 10.0 Å². The third-order valence-electron chi connectivity index (χ3n) is 3.36. The van der Waals surface area contributed by atoms with Gasteiger partial charge >= 0.3 is 0 Å². The Kier molecular flexibility index (Phi) is 8.20. The van der Waals surface area contributed by atoms with E-state index in [-0.39, 0.29) is 5.75 Å². The molecule has 120 valence electrons. The number of benzene rings is 1. The first-order valence-electron chi connectivity index (χ1n) is 7.72. The van der Waals surface area contributed by atoms with Crippen molar-refractivity contribution in [1.82, 2.24) is 0 Å².